The molecule has 0 aliphatic heterocycles. The summed E-state index contributed by atoms with van der Waals surface area (Å²) in [5.41, 5.74) is 1.39. The van der Waals surface area contributed by atoms with E-state index in [0.29, 0.717) is 0 Å². The maximum atomic E-state index is 3.08. The van der Waals surface area contributed by atoms with Crippen LogP contribution in [-0.4, -0.2) is 23.0 Å². The highest BCUT2D eigenvalue weighted by molar-refractivity contribution is 5.08. The van der Waals surface area contributed by atoms with Crippen molar-refractivity contribution in [2.75, 3.05) is 7.05 Å². The van der Waals surface area contributed by atoms with E-state index in [1.165, 1.54) is 24.8 Å². The molecule has 2 rings (SSSR count). The third-order valence-corrected chi connectivity index (χ3v) is 2.79. The van der Waals surface area contributed by atoms with Crippen molar-refractivity contribution in [2.24, 2.45) is 0 Å². The van der Waals surface area contributed by atoms with Crippen LogP contribution in [0.15, 0.2) is 18.5 Å². The molecule has 1 aliphatic rings. The molecular weight excluding hydrogens is 148 g/mol. The van der Waals surface area contributed by atoms with E-state index in [0.717, 1.165) is 12.6 Å². The zero-order valence-electron chi connectivity index (χ0n) is 7.59. The molecule has 1 aliphatic carbocycles. The molecule has 0 unspecified atom stereocenters. The van der Waals surface area contributed by atoms with Gasteiger partial charge in [-0.1, -0.05) is 6.42 Å². The minimum Gasteiger partial charge on any atom is -0.367 e. The molecule has 0 spiro atoms. The molecular formula is C10H16N2. The Labute approximate surface area is 73.6 Å². The summed E-state index contributed by atoms with van der Waals surface area (Å²) >= 11 is 0. The second-order valence-corrected chi connectivity index (χ2v) is 3.72. The lowest BCUT2D eigenvalue weighted by Crippen LogP contribution is -2.36. The maximum absolute atomic E-state index is 3.08. The van der Waals surface area contributed by atoms with Crippen molar-refractivity contribution in [3.63, 3.8) is 0 Å². The molecule has 2 heteroatoms. The van der Waals surface area contributed by atoms with Crippen LogP contribution in [-0.2, 0) is 6.54 Å². The van der Waals surface area contributed by atoms with E-state index in [-0.39, 0.29) is 0 Å². The topological polar surface area (TPSA) is 19.0 Å². The number of H-pyrrole nitrogens is 1. The molecule has 0 aromatic carbocycles. The monoisotopic (exact) mass is 164 g/mol. The van der Waals surface area contributed by atoms with Crippen molar-refractivity contribution < 1.29 is 0 Å². The molecule has 1 aromatic rings. The van der Waals surface area contributed by atoms with Crippen molar-refractivity contribution in [1.29, 1.82) is 0 Å². The highest BCUT2D eigenvalue weighted by Crippen LogP contribution is 2.24. The molecule has 0 atom stereocenters. The molecule has 2 nitrogen and oxygen atoms in total. The second kappa shape index (κ2) is 3.31. The van der Waals surface area contributed by atoms with E-state index < -0.39 is 0 Å². The first-order valence-corrected chi connectivity index (χ1v) is 4.68. The predicted octanol–water partition coefficient (Wildman–Crippen LogP) is 2.00. The molecule has 66 valence electrons. The van der Waals surface area contributed by atoms with Crippen LogP contribution in [0.4, 0.5) is 0 Å². The average Bonchev–Trinajstić information content (AvgIpc) is 2.34. The van der Waals surface area contributed by atoms with Gasteiger partial charge >= 0.3 is 0 Å². The Balaban J connectivity index is 1.86. The number of aromatic nitrogens is 1. The van der Waals surface area contributed by atoms with Crippen LogP contribution in [0.1, 0.15) is 24.8 Å². The van der Waals surface area contributed by atoms with E-state index in [1.807, 2.05) is 6.20 Å². The van der Waals surface area contributed by atoms with Crippen LogP contribution in [0, 0.1) is 0 Å². The quantitative estimate of drug-likeness (QED) is 0.724. The van der Waals surface area contributed by atoms with Gasteiger partial charge in [0.15, 0.2) is 0 Å². The van der Waals surface area contributed by atoms with Crippen LogP contribution >= 0.6 is 0 Å². The smallest absolute Gasteiger partial charge is 0.0248 e. The van der Waals surface area contributed by atoms with Crippen LogP contribution < -0.4 is 0 Å². The Hall–Kier alpha value is -0.760. The summed E-state index contributed by atoms with van der Waals surface area (Å²) < 4.78 is 0. The summed E-state index contributed by atoms with van der Waals surface area (Å²) in [6, 6.07) is 3.00. The van der Waals surface area contributed by atoms with E-state index in [2.05, 4.69) is 29.2 Å². The standard InChI is InChI=1S/C10H16N2/c1-12(10-3-2-4-10)8-9-5-6-11-7-9/h5-7,10-11H,2-4,8H2,1H3. The molecule has 1 aromatic heterocycles. The normalized spacial score (nSPS) is 18.2. The van der Waals surface area contributed by atoms with Gasteiger partial charge in [0.05, 0.1) is 0 Å². The summed E-state index contributed by atoms with van der Waals surface area (Å²) in [6.07, 6.45) is 8.27. The van der Waals surface area contributed by atoms with Gasteiger partial charge in [0.1, 0.15) is 0 Å². The van der Waals surface area contributed by atoms with E-state index in [4.69, 9.17) is 0 Å². The molecule has 0 bridgehead atoms. The van der Waals surface area contributed by atoms with Gasteiger partial charge in [-0.05, 0) is 31.5 Å². The lowest BCUT2D eigenvalue weighted by atomic mass is 9.92. The van der Waals surface area contributed by atoms with E-state index in [9.17, 15) is 0 Å². The lowest BCUT2D eigenvalue weighted by Gasteiger charge is -2.34. The summed E-state index contributed by atoms with van der Waals surface area (Å²) in [6.45, 7) is 1.09. The third kappa shape index (κ3) is 1.53. The van der Waals surface area contributed by atoms with Crippen molar-refractivity contribution in [3.05, 3.63) is 24.0 Å². The number of hydrogen-bond acceptors (Lipinski definition) is 1. The highest BCUT2D eigenvalue weighted by Gasteiger charge is 2.21. The van der Waals surface area contributed by atoms with Crippen molar-refractivity contribution in [2.45, 2.75) is 31.8 Å². The van der Waals surface area contributed by atoms with Gasteiger partial charge in [-0.25, -0.2) is 0 Å². The molecule has 1 heterocycles. The first-order chi connectivity index (χ1) is 5.86. The van der Waals surface area contributed by atoms with Crippen LogP contribution in [0.5, 0.6) is 0 Å². The van der Waals surface area contributed by atoms with Crippen molar-refractivity contribution in [1.82, 2.24) is 9.88 Å². The molecule has 0 radical (unpaired) electrons. The molecule has 1 N–H and O–H groups in total. The summed E-state index contributed by atoms with van der Waals surface area (Å²) in [5, 5.41) is 0. The lowest BCUT2D eigenvalue weighted by molar-refractivity contribution is 0.153. The Morgan fingerprint density at radius 1 is 1.58 bits per heavy atom. The Morgan fingerprint density at radius 3 is 2.92 bits per heavy atom. The van der Waals surface area contributed by atoms with Gasteiger partial charge < -0.3 is 4.98 Å². The summed E-state index contributed by atoms with van der Waals surface area (Å²) in [7, 11) is 2.22. The maximum Gasteiger partial charge on any atom is 0.0248 e. The van der Waals surface area contributed by atoms with Gasteiger partial charge in [-0.3, -0.25) is 4.90 Å². The number of hydrogen-bond donors (Lipinski definition) is 1. The fourth-order valence-electron chi connectivity index (χ4n) is 1.70. The van der Waals surface area contributed by atoms with Gasteiger partial charge in [0.25, 0.3) is 0 Å². The molecule has 0 amide bonds. The minimum atomic E-state index is 0.847. The van der Waals surface area contributed by atoms with Gasteiger partial charge in [0.2, 0.25) is 0 Å². The average molecular weight is 164 g/mol. The number of nitrogens with zero attached hydrogens (tertiary/aromatic N) is 1. The second-order valence-electron chi connectivity index (χ2n) is 3.72. The van der Waals surface area contributed by atoms with Crippen LogP contribution in [0.2, 0.25) is 0 Å². The fraction of sp³-hybridized carbons (Fsp3) is 0.600. The molecule has 12 heavy (non-hydrogen) atoms. The number of rotatable bonds is 3. The molecule has 1 fully saturated rings. The van der Waals surface area contributed by atoms with Crippen molar-refractivity contribution >= 4 is 0 Å². The summed E-state index contributed by atoms with van der Waals surface area (Å²) in [4.78, 5) is 5.53. The first kappa shape index (κ1) is 7.87. The Bertz CT molecular complexity index is 224. The minimum absolute atomic E-state index is 0.847. The van der Waals surface area contributed by atoms with Gasteiger partial charge in [-0.2, -0.15) is 0 Å². The van der Waals surface area contributed by atoms with Crippen LogP contribution in [0.25, 0.3) is 0 Å². The van der Waals surface area contributed by atoms with E-state index >= 15 is 0 Å². The first-order valence-electron chi connectivity index (χ1n) is 4.68. The van der Waals surface area contributed by atoms with Gasteiger partial charge in [-0.15, -0.1) is 0 Å². The van der Waals surface area contributed by atoms with Crippen molar-refractivity contribution in [3.8, 4) is 0 Å². The summed E-state index contributed by atoms with van der Waals surface area (Å²) in [5.74, 6) is 0. The van der Waals surface area contributed by atoms with E-state index in [1.54, 1.807) is 0 Å². The fourth-order valence-corrected chi connectivity index (χ4v) is 1.70. The Morgan fingerprint density at radius 2 is 2.42 bits per heavy atom. The number of nitrogens with one attached hydrogen (secondary N) is 1. The zero-order chi connectivity index (χ0) is 8.39. The predicted molar refractivity (Wildman–Crippen MR) is 49.9 cm³/mol. The number of aromatic amines is 1. The third-order valence-electron chi connectivity index (χ3n) is 2.79. The SMILES string of the molecule is CN(Cc1cc[nH]c1)C1CCC1. The largest absolute Gasteiger partial charge is 0.367 e. The molecule has 1 saturated carbocycles. The highest BCUT2D eigenvalue weighted by atomic mass is 15.1. The Kier molecular flexibility index (Phi) is 2.17. The molecule has 0 saturated heterocycles. The zero-order valence-corrected chi connectivity index (χ0v) is 7.59. The van der Waals surface area contributed by atoms with Crippen LogP contribution in [0.3, 0.4) is 0 Å². The van der Waals surface area contributed by atoms with Gasteiger partial charge in [0, 0.05) is 25.0 Å².